The fraction of sp³-hybridized carbons (Fsp3) is 0.133. The number of benzene rings is 2. The second-order valence-electron chi connectivity index (χ2n) is 4.12. The molecule has 0 aromatic heterocycles. The summed E-state index contributed by atoms with van der Waals surface area (Å²) in [6.45, 7) is 2.13. The van der Waals surface area contributed by atoms with Gasteiger partial charge in [0.1, 0.15) is 0 Å². The van der Waals surface area contributed by atoms with Crippen LogP contribution in [-0.2, 0) is 11.4 Å². The Morgan fingerprint density at radius 2 is 1.89 bits per heavy atom. The first-order valence-corrected chi connectivity index (χ1v) is 6.27. The predicted molar refractivity (Wildman–Crippen MR) is 74.9 cm³/mol. The fourth-order valence-electron chi connectivity index (χ4n) is 1.67. The van der Waals surface area contributed by atoms with E-state index >= 15 is 0 Å². The van der Waals surface area contributed by atoms with Gasteiger partial charge in [-0.3, -0.25) is 9.63 Å². The molecule has 0 fully saturated rings. The fourth-order valence-corrected chi connectivity index (χ4v) is 1.84. The Balaban J connectivity index is 1.93. The molecular weight excluding hydrogens is 262 g/mol. The van der Waals surface area contributed by atoms with Gasteiger partial charge in [0.25, 0.3) is 5.91 Å². The predicted octanol–water partition coefficient (Wildman–Crippen LogP) is 3.51. The number of hydrogen-bond donors (Lipinski definition) is 1. The molecule has 0 aliphatic heterocycles. The van der Waals surface area contributed by atoms with Gasteiger partial charge >= 0.3 is 0 Å². The van der Waals surface area contributed by atoms with Gasteiger partial charge < -0.3 is 0 Å². The molecular formula is C15H14ClNO2. The molecule has 3 nitrogen and oxygen atoms in total. The van der Waals surface area contributed by atoms with Crippen LogP contribution in [-0.4, -0.2) is 5.91 Å². The highest BCUT2D eigenvalue weighted by molar-refractivity contribution is 6.31. The molecule has 0 radical (unpaired) electrons. The number of carbonyl (C=O) groups is 1. The van der Waals surface area contributed by atoms with Gasteiger partial charge in [-0.15, -0.1) is 0 Å². The van der Waals surface area contributed by atoms with Gasteiger partial charge in [0.15, 0.2) is 0 Å². The van der Waals surface area contributed by atoms with Gasteiger partial charge in [-0.2, -0.15) is 0 Å². The van der Waals surface area contributed by atoms with E-state index in [1.165, 1.54) is 0 Å². The zero-order chi connectivity index (χ0) is 13.7. The standard InChI is InChI=1S/C15H14ClNO2/c1-11-13(8-5-9-14(11)16)15(18)17-19-10-12-6-3-2-4-7-12/h2-9H,10H2,1H3,(H,17,18). The maximum absolute atomic E-state index is 11.9. The van der Waals surface area contributed by atoms with Crippen LogP contribution in [0.4, 0.5) is 0 Å². The van der Waals surface area contributed by atoms with Crippen LogP contribution in [0.1, 0.15) is 21.5 Å². The van der Waals surface area contributed by atoms with Crippen molar-refractivity contribution >= 4 is 17.5 Å². The first kappa shape index (κ1) is 13.6. The van der Waals surface area contributed by atoms with Gasteiger partial charge in [0.05, 0.1) is 6.61 Å². The number of amides is 1. The maximum atomic E-state index is 11.9. The summed E-state index contributed by atoms with van der Waals surface area (Å²) in [7, 11) is 0. The topological polar surface area (TPSA) is 38.3 Å². The lowest BCUT2D eigenvalue weighted by molar-refractivity contribution is 0.0233. The quantitative estimate of drug-likeness (QED) is 0.867. The molecule has 0 aliphatic rings. The minimum absolute atomic E-state index is 0.295. The molecule has 1 N–H and O–H groups in total. The van der Waals surface area contributed by atoms with Crippen LogP contribution in [0.2, 0.25) is 5.02 Å². The molecule has 0 atom stereocenters. The average molecular weight is 276 g/mol. The number of nitrogens with one attached hydrogen (secondary N) is 1. The lowest BCUT2D eigenvalue weighted by Crippen LogP contribution is -2.24. The third-order valence-corrected chi connectivity index (χ3v) is 3.17. The van der Waals surface area contributed by atoms with E-state index in [1.54, 1.807) is 25.1 Å². The minimum atomic E-state index is -0.295. The number of halogens is 1. The highest BCUT2D eigenvalue weighted by Gasteiger charge is 2.10. The highest BCUT2D eigenvalue weighted by atomic mass is 35.5. The van der Waals surface area contributed by atoms with Crippen LogP contribution < -0.4 is 5.48 Å². The van der Waals surface area contributed by atoms with Crippen molar-refractivity contribution in [3.8, 4) is 0 Å². The molecule has 4 heteroatoms. The van der Waals surface area contributed by atoms with E-state index in [0.717, 1.165) is 11.1 Å². The SMILES string of the molecule is Cc1c(Cl)cccc1C(=O)NOCc1ccccc1. The molecule has 0 bridgehead atoms. The van der Waals surface area contributed by atoms with E-state index in [4.69, 9.17) is 16.4 Å². The Morgan fingerprint density at radius 3 is 2.63 bits per heavy atom. The van der Waals surface area contributed by atoms with Gasteiger partial charge in [0.2, 0.25) is 0 Å². The van der Waals surface area contributed by atoms with Gasteiger partial charge in [-0.25, -0.2) is 5.48 Å². The van der Waals surface area contributed by atoms with Crippen molar-refractivity contribution in [1.29, 1.82) is 0 Å². The molecule has 0 heterocycles. The monoisotopic (exact) mass is 275 g/mol. The summed E-state index contributed by atoms with van der Waals surface area (Å²) in [6, 6.07) is 14.8. The second-order valence-corrected chi connectivity index (χ2v) is 4.53. The molecule has 19 heavy (non-hydrogen) atoms. The van der Waals surface area contributed by atoms with E-state index < -0.39 is 0 Å². The van der Waals surface area contributed by atoms with E-state index in [9.17, 15) is 4.79 Å². The largest absolute Gasteiger partial charge is 0.275 e. The molecule has 0 aliphatic carbocycles. The van der Waals surface area contributed by atoms with Crippen molar-refractivity contribution < 1.29 is 9.63 Å². The van der Waals surface area contributed by atoms with Gasteiger partial charge in [-0.05, 0) is 30.2 Å². The third-order valence-electron chi connectivity index (χ3n) is 2.76. The summed E-state index contributed by atoms with van der Waals surface area (Å²) in [6.07, 6.45) is 0. The van der Waals surface area contributed by atoms with E-state index in [-0.39, 0.29) is 5.91 Å². The van der Waals surface area contributed by atoms with Crippen molar-refractivity contribution in [2.45, 2.75) is 13.5 Å². The third kappa shape index (κ3) is 3.56. The van der Waals surface area contributed by atoms with Crippen LogP contribution in [0, 0.1) is 6.92 Å². The summed E-state index contributed by atoms with van der Waals surface area (Å²) in [4.78, 5) is 17.1. The summed E-state index contributed by atoms with van der Waals surface area (Å²) in [5.74, 6) is -0.295. The molecule has 2 aromatic carbocycles. The summed E-state index contributed by atoms with van der Waals surface area (Å²) < 4.78 is 0. The Kier molecular flexibility index (Phi) is 4.55. The molecule has 2 rings (SSSR count). The molecule has 0 saturated heterocycles. The maximum Gasteiger partial charge on any atom is 0.275 e. The van der Waals surface area contributed by atoms with Crippen LogP contribution in [0.5, 0.6) is 0 Å². The van der Waals surface area contributed by atoms with Crippen molar-refractivity contribution in [2.75, 3.05) is 0 Å². The molecule has 98 valence electrons. The molecule has 0 spiro atoms. The first-order valence-electron chi connectivity index (χ1n) is 5.89. The van der Waals surface area contributed by atoms with Gasteiger partial charge in [-0.1, -0.05) is 48.0 Å². The van der Waals surface area contributed by atoms with Crippen LogP contribution in [0.3, 0.4) is 0 Å². The summed E-state index contributed by atoms with van der Waals surface area (Å²) in [5.41, 5.74) is 4.66. The second kappa shape index (κ2) is 6.36. The first-order chi connectivity index (χ1) is 9.18. The van der Waals surface area contributed by atoms with Crippen molar-refractivity contribution in [3.63, 3.8) is 0 Å². The van der Waals surface area contributed by atoms with Crippen molar-refractivity contribution in [3.05, 3.63) is 70.2 Å². The molecule has 1 amide bonds. The van der Waals surface area contributed by atoms with E-state index in [2.05, 4.69) is 5.48 Å². The Hall–Kier alpha value is -1.84. The number of hydroxylamine groups is 1. The average Bonchev–Trinajstić information content (AvgIpc) is 2.43. The summed E-state index contributed by atoms with van der Waals surface area (Å²) in [5, 5.41) is 0.565. The zero-order valence-corrected chi connectivity index (χ0v) is 11.3. The smallest absolute Gasteiger partial charge is 0.269 e. The molecule has 2 aromatic rings. The Morgan fingerprint density at radius 1 is 1.16 bits per heavy atom. The number of carbonyl (C=O) groups excluding carboxylic acids is 1. The Bertz CT molecular complexity index is 570. The van der Waals surface area contributed by atoms with Crippen LogP contribution >= 0.6 is 11.6 Å². The van der Waals surface area contributed by atoms with Crippen LogP contribution in [0.15, 0.2) is 48.5 Å². The number of rotatable bonds is 4. The summed E-state index contributed by atoms with van der Waals surface area (Å²) >= 11 is 5.97. The lowest BCUT2D eigenvalue weighted by atomic mass is 10.1. The van der Waals surface area contributed by atoms with Crippen molar-refractivity contribution in [2.24, 2.45) is 0 Å². The van der Waals surface area contributed by atoms with E-state index in [1.807, 2.05) is 30.3 Å². The van der Waals surface area contributed by atoms with E-state index in [0.29, 0.717) is 17.2 Å². The molecule has 0 saturated carbocycles. The minimum Gasteiger partial charge on any atom is -0.269 e. The van der Waals surface area contributed by atoms with Gasteiger partial charge in [0, 0.05) is 10.6 Å². The van der Waals surface area contributed by atoms with Crippen molar-refractivity contribution in [1.82, 2.24) is 5.48 Å². The zero-order valence-electron chi connectivity index (χ0n) is 10.5. The lowest BCUT2D eigenvalue weighted by Gasteiger charge is -2.08. The highest BCUT2D eigenvalue weighted by Crippen LogP contribution is 2.18. The normalized spacial score (nSPS) is 10.2. The Labute approximate surface area is 117 Å². The van der Waals surface area contributed by atoms with Crippen LogP contribution in [0.25, 0.3) is 0 Å². The number of hydrogen-bond acceptors (Lipinski definition) is 2. The molecule has 0 unspecified atom stereocenters.